The van der Waals surface area contributed by atoms with Crippen molar-refractivity contribution >= 4 is 11.6 Å². The van der Waals surface area contributed by atoms with Crippen LogP contribution in [0.25, 0.3) is 0 Å². The Morgan fingerprint density at radius 2 is 1.90 bits per heavy atom. The molecule has 116 valence electrons. The molecule has 1 N–H and O–H groups in total. The van der Waals surface area contributed by atoms with E-state index in [1.54, 1.807) is 0 Å². The molecule has 1 aromatic carbocycles. The first-order valence-corrected chi connectivity index (χ1v) is 7.08. The Hall–Kier alpha value is -1.56. The van der Waals surface area contributed by atoms with Crippen LogP contribution in [0.5, 0.6) is 0 Å². The van der Waals surface area contributed by atoms with E-state index < -0.39 is 11.7 Å². The maximum atomic E-state index is 12.8. The number of halogens is 3. The highest BCUT2D eigenvalue weighted by Gasteiger charge is 2.33. The van der Waals surface area contributed by atoms with Crippen molar-refractivity contribution in [3.8, 4) is 0 Å². The van der Waals surface area contributed by atoms with Crippen molar-refractivity contribution in [2.24, 2.45) is 0 Å². The summed E-state index contributed by atoms with van der Waals surface area (Å²) in [4.78, 5) is 14.1. The van der Waals surface area contributed by atoms with E-state index >= 15 is 0 Å². The van der Waals surface area contributed by atoms with Crippen molar-refractivity contribution in [3.63, 3.8) is 0 Å². The smallest absolute Gasteiger partial charge is 0.325 e. The average molecular weight is 300 g/mol. The van der Waals surface area contributed by atoms with Gasteiger partial charge in [-0.05, 0) is 45.0 Å². The maximum absolute atomic E-state index is 12.8. The zero-order valence-corrected chi connectivity index (χ0v) is 11.9. The third-order valence-electron chi connectivity index (χ3n) is 3.75. The molecule has 1 fully saturated rings. The molecule has 1 atom stereocenters. The number of nitrogens with one attached hydrogen (secondary N) is 1. The molecular formula is C15H19F3N2O. The number of anilines is 1. The minimum atomic E-state index is -4.47. The number of amides is 1. The van der Waals surface area contributed by atoms with Crippen molar-refractivity contribution in [2.75, 3.05) is 18.4 Å². The van der Waals surface area contributed by atoms with Gasteiger partial charge in [-0.3, -0.25) is 4.79 Å². The van der Waals surface area contributed by atoms with Gasteiger partial charge in [-0.15, -0.1) is 0 Å². The number of hydrogen-bond donors (Lipinski definition) is 1. The molecule has 1 aliphatic heterocycles. The predicted octanol–water partition coefficient (Wildman–Crippen LogP) is 3.52. The molecule has 0 spiro atoms. The van der Waals surface area contributed by atoms with E-state index in [9.17, 15) is 18.0 Å². The number of carbonyl (C=O) groups is 1. The van der Waals surface area contributed by atoms with Crippen LogP contribution < -0.4 is 5.32 Å². The van der Waals surface area contributed by atoms with Crippen LogP contribution >= 0.6 is 0 Å². The molecule has 1 aromatic rings. The van der Waals surface area contributed by atoms with Crippen molar-refractivity contribution < 1.29 is 18.0 Å². The van der Waals surface area contributed by atoms with Gasteiger partial charge in [0.15, 0.2) is 0 Å². The SMILES string of the molecule is C[C@@H](CC(=O)Nc1ccccc1C(F)(F)F)N1CCCC1. The lowest BCUT2D eigenvalue weighted by molar-refractivity contribution is -0.137. The molecule has 1 heterocycles. The van der Waals surface area contributed by atoms with Gasteiger partial charge in [0.1, 0.15) is 0 Å². The summed E-state index contributed by atoms with van der Waals surface area (Å²) in [6.07, 6.45) is -2.04. The van der Waals surface area contributed by atoms with Crippen LogP contribution in [0.3, 0.4) is 0 Å². The van der Waals surface area contributed by atoms with Crippen molar-refractivity contribution in [1.29, 1.82) is 0 Å². The number of para-hydroxylation sites is 1. The molecule has 0 radical (unpaired) electrons. The molecule has 1 aliphatic rings. The second kappa shape index (κ2) is 6.47. The Bertz CT molecular complexity index is 496. The Morgan fingerprint density at radius 3 is 2.52 bits per heavy atom. The summed E-state index contributed by atoms with van der Waals surface area (Å²) in [6.45, 7) is 3.84. The van der Waals surface area contributed by atoms with Gasteiger partial charge in [-0.25, -0.2) is 0 Å². The first kappa shape index (κ1) is 15.8. The van der Waals surface area contributed by atoms with Crippen LogP contribution in [0.15, 0.2) is 24.3 Å². The fourth-order valence-corrected chi connectivity index (χ4v) is 2.62. The van der Waals surface area contributed by atoms with Gasteiger partial charge < -0.3 is 10.2 Å². The van der Waals surface area contributed by atoms with Crippen LogP contribution in [0.1, 0.15) is 31.7 Å². The largest absolute Gasteiger partial charge is 0.418 e. The first-order valence-electron chi connectivity index (χ1n) is 7.08. The fraction of sp³-hybridized carbons (Fsp3) is 0.533. The zero-order chi connectivity index (χ0) is 15.5. The standard InChI is InChI=1S/C15H19F3N2O/c1-11(20-8-4-5-9-20)10-14(21)19-13-7-3-2-6-12(13)15(16,17)18/h2-3,6-7,11H,4-5,8-10H2,1H3,(H,19,21)/t11-/m0/s1. The van der Waals surface area contributed by atoms with Gasteiger partial charge in [0.25, 0.3) is 0 Å². The van der Waals surface area contributed by atoms with Crippen molar-refractivity contribution in [3.05, 3.63) is 29.8 Å². The molecule has 1 saturated heterocycles. The zero-order valence-electron chi connectivity index (χ0n) is 11.9. The van der Waals surface area contributed by atoms with E-state index in [2.05, 4.69) is 10.2 Å². The lowest BCUT2D eigenvalue weighted by atomic mass is 10.1. The van der Waals surface area contributed by atoms with E-state index in [0.29, 0.717) is 0 Å². The number of rotatable bonds is 4. The minimum absolute atomic E-state index is 0.0468. The summed E-state index contributed by atoms with van der Waals surface area (Å²) < 4.78 is 38.5. The Labute approximate surface area is 122 Å². The van der Waals surface area contributed by atoms with E-state index in [0.717, 1.165) is 32.0 Å². The summed E-state index contributed by atoms with van der Waals surface area (Å²) in [5, 5.41) is 2.39. The highest BCUT2D eigenvalue weighted by molar-refractivity contribution is 5.92. The van der Waals surface area contributed by atoms with Crippen LogP contribution in [0, 0.1) is 0 Å². The van der Waals surface area contributed by atoms with Crippen LogP contribution in [-0.2, 0) is 11.0 Å². The highest BCUT2D eigenvalue weighted by atomic mass is 19.4. The molecule has 21 heavy (non-hydrogen) atoms. The minimum Gasteiger partial charge on any atom is -0.325 e. The van der Waals surface area contributed by atoms with Gasteiger partial charge in [0.2, 0.25) is 5.91 Å². The van der Waals surface area contributed by atoms with Crippen LogP contribution in [0.2, 0.25) is 0 Å². The second-order valence-corrected chi connectivity index (χ2v) is 5.39. The molecule has 2 rings (SSSR count). The van der Waals surface area contributed by atoms with Gasteiger partial charge in [-0.2, -0.15) is 13.2 Å². The number of nitrogens with zero attached hydrogens (tertiary/aromatic N) is 1. The summed E-state index contributed by atoms with van der Waals surface area (Å²) in [5.74, 6) is -0.383. The van der Waals surface area contributed by atoms with E-state index in [1.165, 1.54) is 18.2 Å². The second-order valence-electron chi connectivity index (χ2n) is 5.39. The molecular weight excluding hydrogens is 281 g/mol. The molecule has 0 bridgehead atoms. The molecule has 0 unspecified atom stereocenters. The number of carbonyl (C=O) groups excluding carboxylic acids is 1. The topological polar surface area (TPSA) is 32.3 Å². The quantitative estimate of drug-likeness (QED) is 0.922. The van der Waals surface area contributed by atoms with Gasteiger partial charge >= 0.3 is 6.18 Å². The summed E-state index contributed by atoms with van der Waals surface area (Å²) in [6, 6.07) is 5.09. The number of likely N-dealkylation sites (tertiary alicyclic amines) is 1. The summed E-state index contributed by atoms with van der Waals surface area (Å²) in [5.41, 5.74) is -0.990. The Balaban J connectivity index is 1.99. The maximum Gasteiger partial charge on any atom is 0.418 e. The third-order valence-corrected chi connectivity index (χ3v) is 3.75. The molecule has 6 heteroatoms. The highest BCUT2D eigenvalue weighted by Crippen LogP contribution is 2.34. The summed E-state index contributed by atoms with van der Waals surface area (Å²) >= 11 is 0. The third kappa shape index (κ3) is 4.20. The lowest BCUT2D eigenvalue weighted by Gasteiger charge is -2.23. The van der Waals surface area contributed by atoms with Gasteiger partial charge in [0.05, 0.1) is 11.3 Å². The van der Waals surface area contributed by atoms with E-state index in [4.69, 9.17) is 0 Å². The van der Waals surface area contributed by atoms with E-state index in [-0.39, 0.29) is 24.1 Å². The molecule has 0 saturated carbocycles. The lowest BCUT2D eigenvalue weighted by Crippen LogP contribution is -2.33. The van der Waals surface area contributed by atoms with Crippen molar-refractivity contribution in [2.45, 2.75) is 38.4 Å². The van der Waals surface area contributed by atoms with Crippen LogP contribution in [-0.4, -0.2) is 29.9 Å². The Morgan fingerprint density at radius 1 is 1.29 bits per heavy atom. The normalized spacial score (nSPS) is 17.7. The molecule has 1 amide bonds. The van der Waals surface area contributed by atoms with Crippen molar-refractivity contribution in [1.82, 2.24) is 4.90 Å². The van der Waals surface area contributed by atoms with Crippen LogP contribution in [0.4, 0.5) is 18.9 Å². The van der Waals surface area contributed by atoms with E-state index in [1.807, 2.05) is 6.92 Å². The number of hydrogen-bond acceptors (Lipinski definition) is 2. The molecule has 3 nitrogen and oxygen atoms in total. The monoisotopic (exact) mass is 300 g/mol. The van der Waals surface area contributed by atoms with Gasteiger partial charge in [0, 0.05) is 12.5 Å². The summed E-state index contributed by atoms with van der Waals surface area (Å²) in [7, 11) is 0. The average Bonchev–Trinajstić information content (AvgIpc) is 2.91. The Kier molecular flexibility index (Phi) is 4.88. The number of alkyl halides is 3. The predicted molar refractivity (Wildman–Crippen MR) is 75.0 cm³/mol. The first-order chi connectivity index (χ1) is 9.88. The van der Waals surface area contributed by atoms with Gasteiger partial charge in [-0.1, -0.05) is 12.1 Å². The molecule has 0 aromatic heterocycles. The fourth-order valence-electron chi connectivity index (χ4n) is 2.62. The number of benzene rings is 1. The molecule has 0 aliphatic carbocycles.